The Morgan fingerprint density at radius 3 is 2.30 bits per heavy atom. The molecule has 0 aromatic heterocycles. The first-order valence-corrected chi connectivity index (χ1v) is 10.2. The first kappa shape index (κ1) is 21.7. The van der Waals surface area contributed by atoms with Crippen molar-refractivity contribution in [3.8, 4) is 16.9 Å². The summed E-state index contributed by atoms with van der Waals surface area (Å²) in [5, 5.41) is 2.82. The van der Waals surface area contributed by atoms with Crippen molar-refractivity contribution in [1.82, 2.24) is 5.32 Å². The maximum absolute atomic E-state index is 11.4. The van der Waals surface area contributed by atoms with Crippen LogP contribution in [0.3, 0.4) is 0 Å². The van der Waals surface area contributed by atoms with Crippen LogP contribution in [0.15, 0.2) is 54.6 Å². The lowest BCUT2D eigenvalue weighted by Gasteiger charge is -2.48. The highest BCUT2D eigenvalue weighted by atomic mass is 16.6. The van der Waals surface area contributed by atoms with Gasteiger partial charge in [-0.2, -0.15) is 0 Å². The molecule has 0 aliphatic heterocycles. The molecule has 3 rings (SSSR count). The van der Waals surface area contributed by atoms with Crippen LogP contribution >= 0.6 is 0 Å². The van der Waals surface area contributed by atoms with Crippen LogP contribution in [0.5, 0.6) is 5.75 Å². The van der Waals surface area contributed by atoms with E-state index in [1.165, 1.54) is 0 Å². The summed E-state index contributed by atoms with van der Waals surface area (Å²) < 4.78 is 11.6. The molecule has 0 radical (unpaired) electrons. The Labute approximate surface area is 177 Å². The summed E-state index contributed by atoms with van der Waals surface area (Å²) in [7, 11) is 0. The Morgan fingerprint density at radius 1 is 1.07 bits per heavy atom. The minimum atomic E-state index is -0.780. The van der Waals surface area contributed by atoms with Crippen LogP contribution in [0, 0.1) is 10.8 Å². The van der Waals surface area contributed by atoms with Gasteiger partial charge in [0, 0.05) is 5.41 Å². The first-order chi connectivity index (χ1) is 14.2. The molecule has 0 spiro atoms. The summed E-state index contributed by atoms with van der Waals surface area (Å²) in [5.41, 5.74) is 6.92. The van der Waals surface area contributed by atoms with Gasteiger partial charge in [0.1, 0.15) is 11.9 Å². The van der Waals surface area contributed by atoms with Gasteiger partial charge in [0.2, 0.25) is 6.41 Å². The Morgan fingerprint density at radius 2 is 1.70 bits per heavy atom. The predicted octanol–water partition coefficient (Wildman–Crippen LogP) is 4.48. The van der Waals surface area contributed by atoms with Crippen molar-refractivity contribution < 1.29 is 19.1 Å². The Kier molecular flexibility index (Phi) is 6.34. The van der Waals surface area contributed by atoms with Crippen molar-refractivity contribution in [2.24, 2.45) is 16.6 Å². The molecule has 1 aliphatic carbocycles. The van der Waals surface area contributed by atoms with E-state index in [4.69, 9.17) is 15.2 Å². The van der Waals surface area contributed by atoms with E-state index in [0.29, 0.717) is 25.0 Å². The van der Waals surface area contributed by atoms with E-state index in [0.717, 1.165) is 17.5 Å². The van der Waals surface area contributed by atoms with E-state index in [1.807, 2.05) is 49.4 Å². The van der Waals surface area contributed by atoms with Gasteiger partial charge >= 0.3 is 6.09 Å². The quantitative estimate of drug-likeness (QED) is 0.520. The molecule has 3 atom stereocenters. The van der Waals surface area contributed by atoms with Crippen LogP contribution in [-0.4, -0.2) is 24.8 Å². The first-order valence-electron chi connectivity index (χ1n) is 10.2. The standard InChI is InChI=1S/C24H30N2O4/c1-23(2)13-20(30-22(25)28)14-24(3,15-23)21(26-16-27)29-19-11-9-18(10-12-19)17-7-5-4-6-8-17/h4-12,16,20-21H,13-15H2,1-3H3,(H2,25,28)(H,26,27). The lowest BCUT2D eigenvalue weighted by molar-refractivity contribution is -0.119. The summed E-state index contributed by atoms with van der Waals surface area (Å²) >= 11 is 0. The smallest absolute Gasteiger partial charge is 0.404 e. The van der Waals surface area contributed by atoms with Gasteiger partial charge in [0.15, 0.2) is 6.23 Å². The summed E-state index contributed by atoms with van der Waals surface area (Å²) in [4.78, 5) is 22.7. The molecule has 6 heteroatoms. The van der Waals surface area contributed by atoms with Crippen molar-refractivity contribution >= 4 is 12.5 Å². The van der Waals surface area contributed by atoms with Gasteiger partial charge in [-0.05, 0) is 47.9 Å². The van der Waals surface area contributed by atoms with E-state index in [-0.39, 0.29) is 11.5 Å². The van der Waals surface area contributed by atoms with Gasteiger partial charge in [0.05, 0.1) is 0 Å². The fourth-order valence-electron chi connectivity index (χ4n) is 4.83. The van der Waals surface area contributed by atoms with Crippen LogP contribution in [0.25, 0.3) is 11.1 Å². The van der Waals surface area contributed by atoms with Crippen LogP contribution in [0.4, 0.5) is 4.79 Å². The van der Waals surface area contributed by atoms with Gasteiger partial charge in [-0.3, -0.25) is 4.79 Å². The molecule has 1 fully saturated rings. The van der Waals surface area contributed by atoms with Gasteiger partial charge in [-0.1, -0.05) is 63.2 Å². The molecule has 160 valence electrons. The second-order valence-corrected chi connectivity index (χ2v) is 9.13. The van der Waals surface area contributed by atoms with Crippen molar-refractivity contribution in [3.05, 3.63) is 54.6 Å². The number of rotatable bonds is 7. The fraction of sp³-hybridized carbons (Fsp3) is 0.417. The third-order valence-electron chi connectivity index (χ3n) is 5.71. The minimum Gasteiger partial charge on any atom is -0.470 e. The molecule has 3 N–H and O–H groups in total. The van der Waals surface area contributed by atoms with Gasteiger partial charge in [-0.15, -0.1) is 0 Å². The third-order valence-corrected chi connectivity index (χ3v) is 5.71. The molecule has 3 unspecified atom stereocenters. The highest BCUT2D eigenvalue weighted by molar-refractivity contribution is 5.65. The number of carbonyl (C=O) groups excluding carboxylic acids is 2. The number of amides is 2. The molecular formula is C24H30N2O4. The maximum Gasteiger partial charge on any atom is 0.404 e. The zero-order valence-electron chi connectivity index (χ0n) is 17.8. The molecule has 30 heavy (non-hydrogen) atoms. The average Bonchev–Trinajstić information content (AvgIpc) is 2.67. The van der Waals surface area contributed by atoms with E-state index >= 15 is 0 Å². The van der Waals surface area contributed by atoms with E-state index in [9.17, 15) is 9.59 Å². The topological polar surface area (TPSA) is 90.6 Å². The molecule has 2 amide bonds. The minimum absolute atomic E-state index is 0.101. The summed E-state index contributed by atoms with van der Waals surface area (Å²) in [5.74, 6) is 0.658. The van der Waals surface area contributed by atoms with Crippen LogP contribution < -0.4 is 15.8 Å². The summed E-state index contributed by atoms with van der Waals surface area (Å²) in [6.07, 6.45) is 1.04. The highest BCUT2D eigenvalue weighted by Crippen LogP contribution is 2.49. The molecule has 1 saturated carbocycles. The number of primary amides is 1. The van der Waals surface area contributed by atoms with Gasteiger partial charge in [-0.25, -0.2) is 4.79 Å². The molecule has 0 heterocycles. The number of hydrogen-bond donors (Lipinski definition) is 2. The molecule has 2 aromatic rings. The van der Waals surface area contributed by atoms with E-state index in [1.54, 1.807) is 0 Å². The maximum atomic E-state index is 11.4. The van der Waals surface area contributed by atoms with E-state index < -0.39 is 17.7 Å². The third kappa shape index (κ3) is 5.32. The monoisotopic (exact) mass is 410 g/mol. The Hall–Kier alpha value is -3.02. The zero-order valence-corrected chi connectivity index (χ0v) is 17.8. The largest absolute Gasteiger partial charge is 0.470 e. The number of nitrogens with two attached hydrogens (primary N) is 1. The lowest BCUT2D eigenvalue weighted by Crippen LogP contribution is -2.54. The molecule has 0 bridgehead atoms. The van der Waals surface area contributed by atoms with Crippen LogP contribution in [0.1, 0.15) is 40.0 Å². The van der Waals surface area contributed by atoms with Crippen molar-refractivity contribution in [3.63, 3.8) is 0 Å². The Balaban J connectivity index is 1.80. The lowest BCUT2D eigenvalue weighted by atomic mass is 9.62. The predicted molar refractivity (Wildman–Crippen MR) is 116 cm³/mol. The second kappa shape index (κ2) is 8.78. The van der Waals surface area contributed by atoms with Crippen molar-refractivity contribution in [1.29, 1.82) is 0 Å². The molecule has 6 nitrogen and oxygen atoms in total. The molecular weight excluding hydrogens is 380 g/mol. The molecule has 1 aliphatic rings. The van der Waals surface area contributed by atoms with Crippen molar-refractivity contribution in [2.75, 3.05) is 0 Å². The average molecular weight is 411 g/mol. The van der Waals surface area contributed by atoms with Gasteiger partial charge in [0.25, 0.3) is 0 Å². The summed E-state index contributed by atoms with van der Waals surface area (Å²) in [6.45, 7) is 6.29. The van der Waals surface area contributed by atoms with E-state index in [2.05, 4.69) is 31.3 Å². The number of ether oxygens (including phenoxy) is 2. The Bertz CT molecular complexity index is 867. The number of nitrogens with one attached hydrogen (secondary N) is 1. The SMILES string of the molecule is CC1(C)CC(OC(N)=O)CC(C)(C(NC=O)Oc2ccc(-c3ccccc3)cc2)C1. The van der Waals surface area contributed by atoms with Crippen molar-refractivity contribution in [2.45, 2.75) is 52.4 Å². The number of carbonyl (C=O) groups is 2. The normalized spacial score (nSPS) is 23.8. The number of benzene rings is 2. The van der Waals surface area contributed by atoms with Crippen LogP contribution in [-0.2, 0) is 9.53 Å². The highest BCUT2D eigenvalue weighted by Gasteiger charge is 2.48. The second-order valence-electron chi connectivity index (χ2n) is 9.13. The number of hydrogen-bond acceptors (Lipinski definition) is 4. The van der Waals surface area contributed by atoms with Crippen LogP contribution in [0.2, 0.25) is 0 Å². The molecule has 0 saturated heterocycles. The fourth-order valence-corrected chi connectivity index (χ4v) is 4.83. The van der Waals surface area contributed by atoms with Gasteiger partial charge < -0.3 is 20.5 Å². The zero-order chi connectivity index (χ0) is 21.8. The summed E-state index contributed by atoms with van der Waals surface area (Å²) in [6, 6.07) is 17.9. The molecule has 2 aromatic carbocycles.